The van der Waals surface area contributed by atoms with Gasteiger partial charge in [0.05, 0.1) is 6.33 Å². The number of hydrogen-bond acceptors (Lipinski definition) is 2. The summed E-state index contributed by atoms with van der Waals surface area (Å²) in [5, 5.41) is 3.11. The first-order valence-corrected chi connectivity index (χ1v) is 9.06. The van der Waals surface area contributed by atoms with Crippen LogP contribution in [0.4, 0.5) is 0 Å². The first-order valence-electron chi connectivity index (χ1n) is 9.06. The Balaban J connectivity index is 1.28. The summed E-state index contributed by atoms with van der Waals surface area (Å²) in [6.45, 7) is 1.43. The summed E-state index contributed by atoms with van der Waals surface area (Å²) in [5.41, 5.74) is 2.39. The Hall–Kier alpha value is -2.10. The van der Waals surface area contributed by atoms with Crippen LogP contribution in [0.25, 0.3) is 0 Å². The SMILES string of the molecule is O=C(C[C@H]1C[C@H]2CC[C@H]1C2)NCc1cccc(Cn2ccnc2)c1. The first kappa shape index (κ1) is 15.4. The fourth-order valence-corrected chi connectivity index (χ4v) is 4.57. The van der Waals surface area contributed by atoms with Gasteiger partial charge in [0.15, 0.2) is 0 Å². The Labute approximate surface area is 143 Å². The number of amides is 1. The van der Waals surface area contributed by atoms with Crippen molar-refractivity contribution in [2.75, 3.05) is 0 Å². The first-order chi connectivity index (χ1) is 11.8. The average molecular weight is 323 g/mol. The summed E-state index contributed by atoms with van der Waals surface area (Å²) in [7, 11) is 0. The molecule has 1 amide bonds. The van der Waals surface area contributed by atoms with Crippen LogP contribution in [0.1, 0.15) is 43.2 Å². The summed E-state index contributed by atoms with van der Waals surface area (Å²) in [6, 6.07) is 8.41. The summed E-state index contributed by atoms with van der Waals surface area (Å²) >= 11 is 0. The fourth-order valence-electron chi connectivity index (χ4n) is 4.57. The van der Waals surface area contributed by atoms with E-state index >= 15 is 0 Å². The van der Waals surface area contributed by atoms with E-state index in [0.29, 0.717) is 12.5 Å². The van der Waals surface area contributed by atoms with Crippen molar-refractivity contribution in [2.24, 2.45) is 17.8 Å². The lowest BCUT2D eigenvalue weighted by Crippen LogP contribution is -2.26. The van der Waals surface area contributed by atoms with Crippen LogP contribution in [0.15, 0.2) is 43.0 Å². The number of benzene rings is 1. The van der Waals surface area contributed by atoms with Gasteiger partial charge in [-0.15, -0.1) is 0 Å². The smallest absolute Gasteiger partial charge is 0.220 e. The number of carbonyl (C=O) groups excluding carboxylic acids is 1. The minimum Gasteiger partial charge on any atom is -0.352 e. The second kappa shape index (κ2) is 6.80. The quantitative estimate of drug-likeness (QED) is 0.886. The highest BCUT2D eigenvalue weighted by Crippen LogP contribution is 2.49. The van der Waals surface area contributed by atoms with Crippen molar-refractivity contribution in [3.8, 4) is 0 Å². The molecule has 1 N–H and O–H groups in total. The molecule has 4 rings (SSSR count). The largest absolute Gasteiger partial charge is 0.352 e. The van der Waals surface area contributed by atoms with E-state index in [1.54, 1.807) is 6.20 Å². The lowest BCUT2D eigenvalue weighted by molar-refractivity contribution is -0.122. The average Bonchev–Trinajstić information content (AvgIpc) is 3.31. The molecule has 2 fully saturated rings. The lowest BCUT2D eigenvalue weighted by atomic mass is 9.86. The number of fused-ring (bicyclic) bond motifs is 2. The van der Waals surface area contributed by atoms with E-state index in [1.165, 1.54) is 31.2 Å². The number of carbonyl (C=O) groups is 1. The van der Waals surface area contributed by atoms with Gasteiger partial charge in [-0.2, -0.15) is 0 Å². The van der Waals surface area contributed by atoms with Crippen LogP contribution in [-0.2, 0) is 17.9 Å². The maximum absolute atomic E-state index is 12.3. The van der Waals surface area contributed by atoms with Crippen molar-refractivity contribution in [3.05, 3.63) is 54.1 Å². The van der Waals surface area contributed by atoms with Crippen molar-refractivity contribution in [3.63, 3.8) is 0 Å². The molecule has 0 aliphatic heterocycles. The molecule has 0 saturated heterocycles. The third-order valence-corrected chi connectivity index (χ3v) is 5.74. The predicted octanol–water partition coefficient (Wildman–Crippen LogP) is 3.37. The molecule has 2 aromatic rings. The van der Waals surface area contributed by atoms with Gasteiger partial charge < -0.3 is 9.88 Å². The number of hydrogen-bond donors (Lipinski definition) is 1. The molecule has 4 nitrogen and oxygen atoms in total. The van der Waals surface area contributed by atoms with Crippen molar-refractivity contribution in [2.45, 2.75) is 45.2 Å². The highest BCUT2D eigenvalue weighted by atomic mass is 16.1. The molecule has 126 valence electrons. The Kier molecular flexibility index (Phi) is 4.37. The van der Waals surface area contributed by atoms with Gasteiger partial charge in [-0.3, -0.25) is 4.79 Å². The van der Waals surface area contributed by atoms with Crippen LogP contribution in [0.2, 0.25) is 0 Å². The lowest BCUT2D eigenvalue weighted by Gasteiger charge is -2.20. The molecule has 0 unspecified atom stereocenters. The zero-order valence-electron chi connectivity index (χ0n) is 14.0. The van der Waals surface area contributed by atoms with E-state index in [-0.39, 0.29) is 5.91 Å². The van der Waals surface area contributed by atoms with Crippen molar-refractivity contribution in [1.82, 2.24) is 14.9 Å². The van der Waals surface area contributed by atoms with Gasteiger partial charge in [0.1, 0.15) is 0 Å². The molecule has 0 spiro atoms. The molecule has 2 saturated carbocycles. The minimum absolute atomic E-state index is 0.215. The van der Waals surface area contributed by atoms with Crippen LogP contribution in [-0.4, -0.2) is 15.5 Å². The van der Waals surface area contributed by atoms with Crippen molar-refractivity contribution < 1.29 is 4.79 Å². The molecular weight excluding hydrogens is 298 g/mol. The van der Waals surface area contributed by atoms with Crippen molar-refractivity contribution >= 4 is 5.91 Å². The van der Waals surface area contributed by atoms with Crippen molar-refractivity contribution in [1.29, 1.82) is 0 Å². The van der Waals surface area contributed by atoms with Crippen LogP contribution in [0, 0.1) is 17.8 Å². The molecule has 3 atom stereocenters. The Bertz CT molecular complexity index is 695. The van der Waals surface area contributed by atoms with E-state index in [4.69, 9.17) is 0 Å². The van der Waals surface area contributed by atoms with Crippen LogP contribution < -0.4 is 5.32 Å². The molecule has 2 bridgehead atoms. The summed E-state index contributed by atoms with van der Waals surface area (Å²) < 4.78 is 2.05. The molecule has 24 heavy (non-hydrogen) atoms. The molecule has 1 aromatic carbocycles. The normalized spacial score (nSPS) is 25.1. The molecule has 4 heteroatoms. The second-order valence-corrected chi connectivity index (χ2v) is 7.47. The fraction of sp³-hybridized carbons (Fsp3) is 0.500. The van der Waals surface area contributed by atoms with Crippen LogP contribution >= 0.6 is 0 Å². The second-order valence-electron chi connectivity index (χ2n) is 7.47. The van der Waals surface area contributed by atoms with Gasteiger partial charge in [-0.05, 0) is 48.1 Å². The molecule has 1 aromatic heterocycles. The topological polar surface area (TPSA) is 46.9 Å². The monoisotopic (exact) mass is 323 g/mol. The number of nitrogens with one attached hydrogen (secondary N) is 1. The third-order valence-electron chi connectivity index (χ3n) is 5.74. The molecule has 1 heterocycles. The van der Waals surface area contributed by atoms with E-state index in [0.717, 1.165) is 30.4 Å². The number of nitrogens with zero attached hydrogens (tertiary/aromatic N) is 2. The summed E-state index contributed by atoms with van der Waals surface area (Å²) in [6.07, 6.45) is 11.7. The van der Waals surface area contributed by atoms with E-state index < -0.39 is 0 Å². The number of imidazole rings is 1. The minimum atomic E-state index is 0.215. The summed E-state index contributed by atoms with van der Waals surface area (Å²) in [5.74, 6) is 2.58. The van der Waals surface area contributed by atoms with Gasteiger partial charge >= 0.3 is 0 Å². The zero-order chi connectivity index (χ0) is 16.4. The number of rotatable bonds is 6. The third kappa shape index (κ3) is 3.53. The Morgan fingerprint density at radius 1 is 1.25 bits per heavy atom. The predicted molar refractivity (Wildman–Crippen MR) is 93.2 cm³/mol. The van der Waals surface area contributed by atoms with E-state index in [2.05, 4.69) is 34.6 Å². The maximum Gasteiger partial charge on any atom is 0.220 e. The van der Waals surface area contributed by atoms with Gasteiger partial charge in [-0.25, -0.2) is 4.98 Å². The van der Waals surface area contributed by atoms with Gasteiger partial charge in [0.2, 0.25) is 5.91 Å². The Morgan fingerprint density at radius 2 is 2.17 bits per heavy atom. The zero-order valence-corrected chi connectivity index (χ0v) is 14.0. The highest BCUT2D eigenvalue weighted by molar-refractivity contribution is 5.76. The summed E-state index contributed by atoms with van der Waals surface area (Å²) in [4.78, 5) is 16.3. The number of aromatic nitrogens is 2. The Morgan fingerprint density at radius 3 is 2.92 bits per heavy atom. The van der Waals surface area contributed by atoms with Gasteiger partial charge in [0.25, 0.3) is 0 Å². The van der Waals surface area contributed by atoms with Crippen LogP contribution in [0.5, 0.6) is 0 Å². The van der Waals surface area contributed by atoms with Crippen LogP contribution in [0.3, 0.4) is 0 Å². The molecule has 2 aliphatic rings. The van der Waals surface area contributed by atoms with Gasteiger partial charge in [-0.1, -0.05) is 30.7 Å². The molecule has 0 radical (unpaired) electrons. The van der Waals surface area contributed by atoms with E-state index in [9.17, 15) is 4.79 Å². The maximum atomic E-state index is 12.3. The van der Waals surface area contributed by atoms with Gasteiger partial charge in [0, 0.05) is 31.9 Å². The van der Waals surface area contributed by atoms with E-state index in [1.807, 2.05) is 17.1 Å². The standard InChI is InChI=1S/C20H25N3O/c24-20(11-19-10-15-4-5-18(19)9-15)22-12-16-2-1-3-17(8-16)13-23-7-6-21-14-23/h1-3,6-8,14-15,18-19H,4-5,9-13H2,(H,22,24)/t15-,18-,19+/m0/s1. The molecular formula is C20H25N3O. The molecule has 2 aliphatic carbocycles. The highest BCUT2D eigenvalue weighted by Gasteiger charge is 2.39.